The molecule has 0 bridgehead atoms. The van der Waals surface area contributed by atoms with Crippen molar-refractivity contribution in [2.45, 2.75) is 4.34 Å². The molecule has 0 atom stereocenters. The predicted octanol–water partition coefficient (Wildman–Crippen LogP) is 3.81. The zero-order valence-corrected chi connectivity index (χ0v) is 12.1. The summed E-state index contributed by atoms with van der Waals surface area (Å²) in [7, 11) is 0. The molecule has 0 amide bonds. The summed E-state index contributed by atoms with van der Waals surface area (Å²) in [6.45, 7) is 0. The normalized spacial score (nSPS) is 10.6. The van der Waals surface area contributed by atoms with Crippen molar-refractivity contribution in [1.82, 2.24) is 5.10 Å². The molecule has 3 rings (SSSR count). The lowest BCUT2D eigenvalue weighted by Gasteiger charge is -1.94. The molecule has 1 heterocycles. The van der Waals surface area contributed by atoms with Crippen molar-refractivity contribution in [3.8, 4) is 16.3 Å². The van der Waals surface area contributed by atoms with Gasteiger partial charge in [0.05, 0.1) is 5.56 Å². The highest BCUT2D eigenvalue weighted by Gasteiger charge is 2.23. The van der Waals surface area contributed by atoms with Crippen LogP contribution in [0.15, 0.2) is 65.0 Å². The Morgan fingerprint density at radius 3 is 2.21 bits per heavy atom. The van der Waals surface area contributed by atoms with Crippen molar-refractivity contribution in [2.24, 2.45) is 0 Å². The van der Waals surface area contributed by atoms with E-state index in [0.717, 1.165) is 15.0 Å². The highest BCUT2D eigenvalue weighted by Crippen LogP contribution is 2.27. The summed E-state index contributed by atoms with van der Waals surface area (Å²) >= 11 is 3.40. The zero-order valence-electron chi connectivity index (χ0n) is 10.5. The molecule has 0 spiro atoms. The topological polar surface area (TPSA) is 16.8 Å². The molecule has 0 saturated heterocycles. The summed E-state index contributed by atoms with van der Waals surface area (Å²) < 4.78 is 3.09. The smallest absolute Gasteiger partial charge is 0.0926 e. The van der Waals surface area contributed by atoms with Crippen molar-refractivity contribution in [3.05, 3.63) is 60.7 Å². The molecule has 0 aliphatic carbocycles. The zero-order chi connectivity index (χ0) is 13.1. The molecule has 3 aromatic rings. The van der Waals surface area contributed by atoms with Crippen LogP contribution in [0.1, 0.15) is 0 Å². The molecule has 2 nitrogen and oxygen atoms in total. The molecule has 0 N–H and O–H groups in total. The van der Waals surface area contributed by atoms with Gasteiger partial charge in [0, 0.05) is 17.2 Å². The van der Waals surface area contributed by atoms with Gasteiger partial charge in [-0.05, 0) is 34.4 Å². The van der Waals surface area contributed by atoms with E-state index < -0.39 is 0 Å². The van der Waals surface area contributed by atoms with Crippen molar-refractivity contribution < 1.29 is 4.68 Å². The first-order valence-electron chi connectivity index (χ1n) is 5.96. The number of para-hydroxylation sites is 1. The van der Waals surface area contributed by atoms with E-state index >= 15 is 0 Å². The van der Waals surface area contributed by atoms with E-state index in [1.54, 1.807) is 23.1 Å². The SMILES string of the molecule is CSc1n[n+](-c2ccccc2)c(-c2ccccc2)s1. The molecule has 0 aliphatic rings. The molecule has 0 aliphatic heterocycles. The Hall–Kier alpha value is -1.65. The van der Waals surface area contributed by atoms with Crippen LogP contribution in [0.5, 0.6) is 0 Å². The van der Waals surface area contributed by atoms with Gasteiger partial charge < -0.3 is 0 Å². The molecular weight excluding hydrogens is 272 g/mol. The maximum atomic E-state index is 4.67. The average Bonchev–Trinajstić information content (AvgIpc) is 2.93. The summed E-state index contributed by atoms with van der Waals surface area (Å²) in [6.07, 6.45) is 2.06. The maximum absolute atomic E-state index is 4.67. The number of hydrogen-bond acceptors (Lipinski definition) is 3. The lowest BCUT2D eigenvalue weighted by Crippen LogP contribution is -2.34. The van der Waals surface area contributed by atoms with Crippen LogP contribution in [0.25, 0.3) is 16.3 Å². The van der Waals surface area contributed by atoms with Gasteiger partial charge in [-0.1, -0.05) is 48.2 Å². The van der Waals surface area contributed by atoms with Gasteiger partial charge in [0.1, 0.15) is 0 Å². The van der Waals surface area contributed by atoms with Gasteiger partial charge in [-0.3, -0.25) is 0 Å². The molecule has 19 heavy (non-hydrogen) atoms. The summed E-state index contributed by atoms with van der Waals surface area (Å²) in [5.74, 6) is 0. The summed E-state index contributed by atoms with van der Waals surface area (Å²) in [5.41, 5.74) is 2.29. The Bertz CT molecular complexity index is 606. The number of benzene rings is 2. The van der Waals surface area contributed by atoms with Gasteiger partial charge in [0.25, 0.3) is 0 Å². The van der Waals surface area contributed by atoms with Crippen molar-refractivity contribution in [1.29, 1.82) is 0 Å². The minimum atomic E-state index is 1.07. The van der Waals surface area contributed by atoms with Crippen LogP contribution in [0.4, 0.5) is 0 Å². The standard InChI is InChI=1S/C15H13N2S2/c1-18-15-16-17(13-10-6-3-7-11-13)14(19-15)12-8-4-2-5-9-12/h2-11H,1H3/q+1. The van der Waals surface area contributed by atoms with Crippen molar-refractivity contribution >= 4 is 23.1 Å². The molecule has 0 saturated carbocycles. The Balaban J connectivity index is 2.17. The molecule has 0 radical (unpaired) electrons. The van der Waals surface area contributed by atoms with Gasteiger partial charge in [-0.2, -0.15) is 0 Å². The third-order valence-electron chi connectivity index (χ3n) is 2.75. The van der Waals surface area contributed by atoms with E-state index in [2.05, 4.69) is 47.8 Å². The first-order valence-corrected chi connectivity index (χ1v) is 8.00. The fourth-order valence-electron chi connectivity index (χ4n) is 1.86. The van der Waals surface area contributed by atoms with Crippen LogP contribution >= 0.6 is 23.1 Å². The lowest BCUT2D eigenvalue weighted by atomic mass is 10.2. The Morgan fingerprint density at radius 1 is 0.947 bits per heavy atom. The second-order valence-corrected chi connectivity index (χ2v) is 6.02. The van der Waals surface area contributed by atoms with E-state index in [-0.39, 0.29) is 0 Å². The molecule has 1 aromatic heterocycles. The number of aromatic nitrogens is 2. The van der Waals surface area contributed by atoms with E-state index in [4.69, 9.17) is 0 Å². The molecular formula is C15H13N2S2+. The second kappa shape index (κ2) is 5.55. The largest absolute Gasteiger partial charge is 0.303 e. The lowest BCUT2D eigenvalue weighted by molar-refractivity contribution is -0.646. The number of hydrogen-bond donors (Lipinski definition) is 0. The van der Waals surface area contributed by atoms with E-state index in [9.17, 15) is 0 Å². The molecule has 0 fully saturated rings. The maximum Gasteiger partial charge on any atom is 0.303 e. The van der Waals surface area contributed by atoms with Gasteiger partial charge in [0.2, 0.25) is 10.0 Å². The van der Waals surface area contributed by atoms with Crippen LogP contribution in [0.2, 0.25) is 0 Å². The van der Waals surface area contributed by atoms with Crippen molar-refractivity contribution in [2.75, 3.05) is 6.26 Å². The molecule has 0 unspecified atom stereocenters. The van der Waals surface area contributed by atoms with E-state index in [0.29, 0.717) is 0 Å². The van der Waals surface area contributed by atoms with Crippen LogP contribution < -0.4 is 4.68 Å². The highest BCUT2D eigenvalue weighted by atomic mass is 32.2. The van der Waals surface area contributed by atoms with Gasteiger partial charge >= 0.3 is 5.01 Å². The number of thioether (sulfide) groups is 1. The summed E-state index contributed by atoms with van der Waals surface area (Å²) in [4.78, 5) is 0. The fourth-order valence-corrected chi connectivity index (χ4v) is 3.37. The summed E-state index contributed by atoms with van der Waals surface area (Å²) in [5, 5.41) is 5.84. The summed E-state index contributed by atoms with van der Waals surface area (Å²) in [6, 6.07) is 20.7. The number of nitrogens with zero attached hydrogens (tertiary/aromatic N) is 2. The van der Waals surface area contributed by atoms with Gasteiger partial charge in [0.15, 0.2) is 0 Å². The Morgan fingerprint density at radius 2 is 1.58 bits per heavy atom. The van der Waals surface area contributed by atoms with E-state index in [1.165, 1.54) is 5.56 Å². The first-order chi connectivity index (χ1) is 9.38. The minimum absolute atomic E-state index is 1.07. The monoisotopic (exact) mass is 285 g/mol. The van der Waals surface area contributed by atoms with Crippen LogP contribution in [-0.2, 0) is 0 Å². The van der Waals surface area contributed by atoms with Crippen molar-refractivity contribution in [3.63, 3.8) is 0 Å². The second-order valence-electron chi connectivity index (χ2n) is 3.99. The predicted molar refractivity (Wildman–Crippen MR) is 80.9 cm³/mol. The Kier molecular flexibility index (Phi) is 3.62. The molecule has 94 valence electrons. The number of rotatable bonds is 3. The third kappa shape index (κ3) is 2.55. The minimum Gasteiger partial charge on any atom is -0.0926 e. The Labute approximate surface area is 120 Å². The van der Waals surface area contributed by atoms with Crippen LogP contribution in [0, 0.1) is 0 Å². The van der Waals surface area contributed by atoms with Gasteiger partial charge in [-0.15, -0.1) is 0 Å². The fraction of sp³-hybridized carbons (Fsp3) is 0.0667. The quantitative estimate of drug-likeness (QED) is 0.537. The van der Waals surface area contributed by atoms with Gasteiger partial charge in [-0.25, -0.2) is 0 Å². The van der Waals surface area contributed by atoms with Crippen LogP contribution in [-0.4, -0.2) is 11.4 Å². The van der Waals surface area contributed by atoms with Crippen LogP contribution in [0.3, 0.4) is 0 Å². The third-order valence-corrected chi connectivity index (χ3v) is 4.79. The van der Waals surface area contributed by atoms with E-state index in [1.807, 2.05) is 28.9 Å². The first kappa shape index (κ1) is 12.4. The molecule has 2 aromatic carbocycles. The molecule has 4 heteroatoms. The highest BCUT2D eigenvalue weighted by molar-refractivity contribution is 8.00. The average molecular weight is 285 g/mol.